The lowest BCUT2D eigenvalue weighted by Gasteiger charge is -2.15. The van der Waals surface area contributed by atoms with Crippen LogP contribution >= 0.6 is 11.8 Å². The van der Waals surface area contributed by atoms with E-state index in [0.717, 1.165) is 11.3 Å². The van der Waals surface area contributed by atoms with Gasteiger partial charge >= 0.3 is 0 Å². The van der Waals surface area contributed by atoms with Crippen LogP contribution in [0.2, 0.25) is 0 Å². The molecule has 2 aromatic carbocycles. The summed E-state index contributed by atoms with van der Waals surface area (Å²) in [7, 11) is 0. The van der Waals surface area contributed by atoms with Crippen LogP contribution in [-0.2, 0) is 5.75 Å². The number of nitrogens with zero attached hydrogens (tertiary/aromatic N) is 3. The Morgan fingerprint density at radius 1 is 1.04 bits per heavy atom. The van der Waals surface area contributed by atoms with Gasteiger partial charge in [-0.25, -0.2) is 9.97 Å². The zero-order valence-corrected chi connectivity index (χ0v) is 15.9. The zero-order valence-electron chi connectivity index (χ0n) is 15.1. The van der Waals surface area contributed by atoms with Gasteiger partial charge in [-0.1, -0.05) is 42.1 Å². The maximum atomic E-state index is 12.9. The van der Waals surface area contributed by atoms with Crippen molar-refractivity contribution in [1.29, 1.82) is 0 Å². The third-order valence-corrected chi connectivity index (χ3v) is 5.20. The summed E-state index contributed by atoms with van der Waals surface area (Å²) in [4.78, 5) is 22.1. The molecule has 0 saturated carbocycles. The quantitative estimate of drug-likeness (QED) is 0.365. The minimum atomic E-state index is -0.0109. The van der Waals surface area contributed by atoms with Gasteiger partial charge < -0.3 is 4.42 Å². The molecule has 0 spiro atoms. The van der Waals surface area contributed by atoms with Crippen LogP contribution in [0.1, 0.15) is 25.6 Å². The lowest BCUT2D eigenvalue weighted by atomic mass is 10.2. The van der Waals surface area contributed by atoms with Gasteiger partial charge in [0.2, 0.25) is 5.89 Å². The first-order chi connectivity index (χ1) is 13.1. The molecule has 136 valence electrons. The van der Waals surface area contributed by atoms with Gasteiger partial charge in [0, 0.05) is 17.4 Å². The molecule has 2 aromatic heterocycles. The molecule has 0 aliphatic rings. The van der Waals surface area contributed by atoms with Crippen LogP contribution in [0.5, 0.6) is 0 Å². The Kier molecular flexibility index (Phi) is 4.81. The summed E-state index contributed by atoms with van der Waals surface area (Å²) in [6.45, 7) is 3.98. The van der Waals surface area contributed by atoms with E-state index in [1.54, 1.807) is 10.8 Å². The van der Waals surface area contributed by atoms with Crippen molar-refractivity contribution in [2.24, 2.45) is 0 Å². The van der Waals surface area contributed by atoms with E-state index < -0.39 is 0 Å². The number of thioether (sulfide) groups is 1. The standard InChI is InChI=1S/C21H19N3O2S/c1-14(2)24-20(25)17-10-6-7-11-18(17)23-21(24)27-13-16-12-26-19(22-16)15-8-4-3-5-9-15/h3-12,14H,13H2,1-2H3. The number of hydrogen-bond acceptors (Lipinski definition) is 5. The van der Waals surface area contributed by atoms with E-state index in [1.165, 1.54) is 11.8 Å². The fraction of sp³-hybridized carbons (Fsp3) is 0.190. The monoisotopic (exact) mass is 377 g/mol. The molecule has 4 rings (SSSR count). The van der Waals surface area contributed by atoms with Crippen molar-refractivity contribution in [3.8, 4) is 11.5 Å². The van der Waals surface area contributed by atoms with Crippen molar-refractivity contribution in [1.82, 2.24) is 14.5 Å². The molecule has 4 aromatic rings. The van der Waals surface area contributed by atoms with E-state index in [9.17, 15) is 4.79 Å². The Balaban J connectivity index is 1.63. The normalized spacial score (nSPS) is 11.4. The van der Waals surface area contributed by atoms with Gasteiger partial charge in [-0.15, -0.1) is 0 Å². The molecule has 2 heterocycles. The van der Waals surface area contributed by atoms with Crippen molar-refractivity contribution in [2.75, 3.05) is 0 Å². The van der Waals surface area contributed by atoms with Gasteiger partial charge in [0.15, 0.2) is 5.16 Å². The summed E-state index contributed by atoms with van der Waals surface area (Å²) < 4.78 is 7.34. The van der Waals surface area contributed by atoms with Crippen LogP contribution in [0.25, 0.3) is 22.4 Å². The molecule has 6 heteroatoms. The van der Waals surface area contributed by atoms with Crippen LogP contribution in [0.3, 0.4) is 0 Å². The van der Waals surface area contributed by atoms with Crippen LogP contribution in [0, 0.1) is 0 Å². The van der Waals surface area contributed by atoms with E-state index in [2.05, 4.69) is 4.98 Å². The first-order valence-electron chi connectivity index (χ1n) is 8.77. The number of rotatable bonds is 5. The molecule has 27 heavy (non-hydrogen) atoms. The Hall–Kier alpha value is -2.86. The molecule has 0 N–H and O–H groups in total. The number of para-hydroxylation sites is 1. The van der Waals surface area contributed by atoms with Crippen molar-refractivity contribution < 1.29 is 4.42 Å². The second kappa shape index (κ2) is 7.40. The average molecular weight is 377 g/mol. The molecular weight excluding hydrogens is 358 g/mol. The summed E-state index contributed by atoms with van der Waals surface area (Å²) in [5, 5.41) is 1.33. The first-order valence-corrected chi connectivity index (χ1v) is 9.76. The number of oxazole rings is 1. The highest BCUT2D eigenvalue weighted by Gasteiger charge is 2.15. The van der Waals surface area contributed by atoms with Crippen molar-refractivity contribution in [3.05, 3.63) is 76.9 Å². The summed E-state index contributed by atoms with van der Waals surface area (Å²) in [6, 6.07) is 17.3. The van der Waals surface area contributed by atoms with Crippen LogP contribution in [-0.4, -0.2) is 14.5 Å². The highest BCUT2D eigenvalue weighted by molar-refractivity contribution is 7.98. The number of fused-ring (bicyclic) bond motifs is 1. The largest absolute Gasteiger partial charge is 0.444 e. The van der Waals surface area contributed by atoms with Gasteiger partial charge in [0.1, 0.15) is 6.26 Å². The number of aromatic nitrogens is 3. The lowest BCUT2D eigenvalue weighted by molar-refractivity contribution is 0.519. The van der Waals surface area contributed by atoms with Crippen molar-refractivity contribution >= 4 is 22.7 Å². The van der Waals surface area contributed by atoms with Gasteiger partial charge in [-0.3, -0.25) is 9.36 Å². The molecular formula is C21H19N3O2S. The molecule has 0 amide bonds. The predicted octanol–water partition coefficient (Wildman–Crippen LogP) is 4.92. The molecule has 0 saturated heterocycles. The molecule has 0 aliphatic heterocycles. The number of benzene rings is 2. The summed E-state index contributed by atoms with van der Waals surface area (Å²) in [5.41, 5.74) is 2.46. The van der Waals surface area contributed by atoms with Gasteiger partial charge in [-0.2, -0.15) is 0 Å². The minimum absolute atomic E-state index is 0.0109. The van der Waals surface area contributed by atoms with E-state index >= 15 is 0 Å². The maximum Gasteiger partial charge on any atom is 0.262 e. The topological polar surface area (TPSA) is 60.9 Å². The average Bonchev–Trinajstić information content (AvgIpc) is 3.16. The third kappa shape index (κ3) is 3.53. The molecule has 0 radical (unpaired) electrons. The van der Waals surface area contributed by atoms with Crippen LogP contribution in [0.4, 0.5) is 0 Å². The molecule has 0 unspecified atom stereocenters. The molecule has 0 aliphatic carbocycles. The van der Waals surface area contributed by atoms with Gasteiger partial charge in [0.25, 0.3) is 5.56 Å². The zero-order chi connectivity index (χ0) is 18.8. The smallest absolute Gasteiger partial charge is 0.262 e. The maximum absolute atomic E-state index is 12.9. The molecule has 5 nitrogen and oxygen atoms in total. The molecule has 0 atom stereocenters. The Bertz CT molecular complexity index is 1130. The van der Waals surface area contributed by atoms with Crippen LogP contribution in [0.15, 0.2) is 75.2 Å². The summed E-state index contributed by atoms with van der Waals surface area (Å²) in [6.07, 6.45) is 1.66. The van der Waals surface area contributed by atoms with E-state index in [0.29, 0.717) is 27.7 Å². The van der Waals surface area contributed by atoms with E-state index in [1.807, 2.05) is 68.4 Å². The van der Waals surface area contributed by atoms with Crippen molar-refractivity contribution in [3.63, 3.8) is 0 Å². The fourth-order valence-electron chi connectivity index (χ4n) is 2.91. The highest BCUT2D eigenvalue weighted by Crippen LogP contribution is 2.26. The SMILES string of the molecule is CC(C)n1c(SCc2coc(-c3ccccc3)n2)nc2ccccc2c1=O. The predicted molar refractivity (Wildman–Crippen MR) is 108 cm³/mol. The Labute approximate surface area is 161 Å². The second-order valence-electron chi connectivity index (χ2n) is 6.48. The minimum Gasteiger partial charge on any atom is -0.444 e. The van der Waals surface area contributed by atoms with E-state index in [-0.39, 0.29) is 11.6 Å². The molecule has 0 fully saturated rings. The lowest BCUT2D eigenvalue weighted by Crippen LogP contribution is -2.25. The van der Waals surface area contributed by atoms with Gasteiger partial charge in [0.05, 0.1) is 16.6 Å². The van der Waals surface area contributed by atoms with Crippen molar-refractivity contribution in [2.45, 2.75) is 30.8 Å². The van der Waals surface area contributed by atoms with E-state index in [4.69, 9.17) is 9.40 Å². The van der Waals surface area contributed by atoms with Gasteiger partial charge in [-0.05, 0) is 38.1 Å². The summed E-state index contributed by atoms with van der Waals surface area (Å²) in [5.74, 6) is 1.17. The Morgan fingerprint density at radius 2 is 1.78 bits per heavy atom. The fourth-order valence-corrected chi connectivity index (χ4v) is 3.91. The van der Waals surface area contributed by atoms with Crippen LogP contribution < -0.4 is 5.56 Å². The molecule has 0 bridgehead atoms. The second-order valence-corrected chi connectivity index (χ2v) is 7.42. The number of hydrogen-bond donors (Lipinski definition) is 0. The summed E-state index contributed by atoms with van der Waals surface area (Å²) >= 11 is 1.50. The third-order valence-electron chi connectivity index (χ3n) is 4.21. The first kappa shape index (κ1) is 17.5. The highest BCUT2D eigenvalue weighted by atomic mass is 32.2. The Morgan fingerprint density at radius 3 is 2.56 bits per heavy atom.